The smallest absolute Gasteiger partial charge is 0.0894 e. The van der Waals surface area contributed by atoms with Crippen LogP contribution in [-0.4, -0.2) is 23.1 Å². The maximum atomic E-state index is 4.60. The summed E-state index contributed by atoms with van der Waals surface area (Å²) in [5.74, 6) is 0. The van der Waals surface area contributed by atoms with Crippen LogP contribution in [0, 0.1) is 0 Å². The predicted octanol–water partition coefficient (Wildman–Crippen LogP) is 3.03. The van der Waals surface area contributed by atoms with Crippen LogP contribution in [0.5, 0.6) is 0 Å². The van der Waals surface area contributed by atoms with E-state index in [-0.39, 0.29) is 0 Å². The van der Waals surface area contributed by atoms with Gasteiger partial charge in [0, 0.05) is 6.54 Å². The topological polar surface area (TPSA) is 37.8 Å². The van der Waals surface area contributed by atoms with E-state index in [4.69, 9.17) is 0 Å². The van der Waals surface area contributed by atoms with Crippen LogP contribution < -0.4 is 5.32 Å². The lowest BCUT2D eigenvalue weighted by molar-refractivity contribution is 0.762. The molecule has 3 nitrogen and oxygen atoms in total. The van der Waals surface area contributed by atoms with Gasteiger partial charge in [-0.2, -0.15) is 0 Å². The molecule has 0 saturated heterocycles. The number of hydrogen-bond acceptors (Lipinski definition) is 3. The van der Waals surface area contributed by atoms with Gasteiger partial charge >= 0.3 is 0 Å². The molecular formula is C15H19N3. The molecular weight excluding hydrogens is 222 g/mol. The summed E-state index contributed by atoms with van der Waals surface area (Å²) in [4.78, 5) is 9.03. The number of aromatic nitrogens is 2. The standard InChI is InChI=1S/C15H19N3/c1-3-12(10-16-4-2)9-13-11-17-14-7-5-6-8-15(14)18-13/h5-9,11,16H,3-4,10H2,1-2H3. The zero-order valence-corrected chi connectivity index (χ0v) is 11.0. The van der Waals surface area contributed by atoms with E-state index >= 15 is 0 Å². The first-order valence-corrected chi connectivity index (χ1v) is 6.45. The van der Waals surface area contributed by atoms with E-state index in [2.05, 4.69) is 35.2 Å². The normalized spacial score (nSPS) is 12.0. The van der Waals surface area contributed by atoms with Crippen molar-refractivity contribution in [2.45, 2.75) is 20.3 Å². The molecule has 94 valence electrons. The highest BCUT2D eigenvalue weighted by Crippen LogP contribution is 2.11. The van der Waals surface area contributed by atoms with Crippen molar-refractivity contribution in [1.82, 2.24) is 15.3 Å². The Hall–Kier alpha value is -1.74. The fourth-order valence-electron chi connectivity index (χ4n) is 1.81. The molecule has 0 atom stereocenters. The Balaban J connectivity index is 2.26. The fraction of sp³-hybridized carbons (Fsp3) is 0.333. The van der Waals surface area contributed by atoms with Gasteiger partial charge in [0.15, 0.2) is 0 Å². The highest BCUT2D eigenvalue weighted by molar-refractivity contribution is 5.74. The van der Waals surface area contributed by atoms with Crippen LogP contribution in [-0.2, 0) is 0 Å². The van der Waals surface area contributed by atoms with E-state index in [1.165, 1.54) is 5.57 Å². The van der Waals surface area contributed by atoms with Gasteiger partial charge in [-0.05, 0) is 31.2 Å². The van der Waals surface area contributed by atoms with E-state index in [0.717, 1.165) is 36.2 Å². The Bertz CT molecular complexity index is 546. The Morgan fingerprint density at radius 3 is 2.72 bits per heavy atom. The summed E-state index contributed by atoms with van der Waals surface area (Å²) in [5.41, 5.74) is 4.18. The van der Waals surface area contributed by atoms with Gasteiger partial charge in [0.25, 0.3) is 0 Å². The van der Waals surface area contributed by atoms with Crippen molar-refractivity contribution in [3.8, 4) is 0 Å². The van der Waals surface area contributed by atoms with Crippen molar-refractivity contribution in [3.05, 3.63) is 41.7 Å². The first-order chi connectivity index (χ1) is 8.83. The molecule has 0 aliphatic heterocycles. The molecule has 3 heteroatoms. The van der Waals surface area contributed by atoms with Crippen LogP contribution in [0.15, 0.2) is 36.0 Å². The van der Waals surface area contributed by atoms with Crippen LogP contribution in [0.4, 0.5) is 0 Å². The van der Waals surface area contributed by atoms with Gasteiger partial charge in [-0.1, -0.05) is 31.6 Å². The molecule has 0 amide bonds. The molecule has 1 N–H and O–H groups in total. The molecule has 0 bridgehead atoms. The summed E-state index contributed by atoms with van der Waals surface area (Å²) < 4.78 is 0. The van der Waals surface area contributed by atoms with Crippen molar-refractivity contribution in [2.24, 2.45) is 0 Å². The van der Waals surface area contributed by atoms with Gasteiger partial charge in [-0.15, -0.1) is 0 Å². The molecule has 0 radical (unpaired) electrons. The van der Waals surface area contributed by atoms with Crippen LogP contribution >= 0.6 is 0 Å². The van der Waals surface area contributed by atoms with Crippen molar-refractivity contribution < 1.29 is 0 Å². The summed E-state index contributed by atoms with van der Waals surface area (Å²) >= 11 is 0. The van der Waals surface area contributed by atoms with Crippen molar-refractivity contribution in [3.63, 3.8) is 0 Å². The molecule has 1 aromatic heterocycles. The third-order valence-electron chi connectivity index (χ3n) is 2.88. The minimum atomic E-state index is 0.918. The van der Waals surface area contributed by atoms with E-state index < -0.39 is 0 Å². The minimum absolute atomic E-state index is 0.918. The fourth-order valence-corrected chi connectivity index (χ4v) is 1.81. The zero-order chi connectivity index (χ0) is 12.8. The first-order valence-electron chi connectivity index (χ1n) is 6.45. The molecule has 18 heavy (non-hydrogen) atoms. The van der Waals surface area contributed by atoms with Gasteiger partial charge in [-0.25, -0.2) is 4.98 Å². The molecule has 2 aromatic rings. The average Bonchev–Trinajstić information content (AvgIpc) is 2.43. The van der Waals surface area contributed by atoms with Gasteiger partial charge in [0.1, 0.15) is 0 Å². The van der Waals surface area contributed by atoms with E-state index in [0.29, 0.717) is 0 Å². The third-order valence-corrected chi connectivity index (χ3v) is 2.88. The Morgan fingerprint density at radius 2 is 2.00 bits per heavy atom. The first kappa shape index (κ1) is 12.7. The number of benzene rings is 1. The molecule has 0 fully saturated rings. The van der Waals surface area contributed by atoms with Crippen LogP contribution in [0.1, 0.15) is 26.0 Å². The van der Waals surface area contributed by atoms with Crippen molar-refractivity contribution in [1.29, 1.82) is 0 Å². The Morgan fingerprint density at radius 1 is 1.22 bits per heavy atom. The van der Waals surface area contributed by atoms with Gasteiger partial charge in [-0.3, -0.25) is 4.98 Å². The average molecular weight is 241 g/mol. The molecule has 1 aromatic carbocycles. The van der Waals surface area contributed by atoms with Crippen LogP contribution in [0.2, 0.25) is 0 Å². The second kappa shape index (κ2) is 6.26. The molecule has 0 spiro atoms. The third kappa shape index (κ3) is 3.14. The number of likely N-dealkylation sites (N-methyl/N-ethyl adjacent to an activating group) is 1. The molecule has 0 unspecified atom stereocenters. The zero-order valence-electron chi connectivity index (χ0n) is 11.0. The largest absolute Gasteiger partial charge is 0.313 e. The maximum absolute atomic E-state index is 4.60. The predicted molar refractivity (Wildman–Crippen MR) is 76.3 cm³/mol. The minimum Gasteiger partial charge on any atom is -0.313 e. The summed E-state index contributed by atoms with van der Waals surface area (Å²) in [5, 5.41) is 3.34. The molecule has 1 heterocycles. The Labute approximate surface area is 108 Å². The number of para-hydroxylation sites is 2. The number of rotatable bonds is 5. The number of nitrogens with zero attached hydrogens (tertiary/aromatic N) is 2. The van der Waals surface area contributed by atoms with Crippen LogP contribution in [0.25, 0.3) is 17.1 Å². The monoisotopic (exact) mass is 241 g/mol. The lowest BCUT2D eigenvalue weighted by Gasteiger charge is -2.05. The lowest BCUT2D eigenvalue weighted by atomic mass is 10.1. The summed E-state index contributed by atoms with van der Waals surface area (Å²) in [6.45, 7) is 6.18. The summed E-state index contributed by atoms with van der Waals surface area (Å²) in [6.07, 6.45) is 4.99. The number of hydrogen-bond donors (Lipinski definition) is 1. The number of nitrogens with one attached hydrogen (secondary N) is 1. The van der Waals surface area contributed by atoms with E-state index in [1.807, 2.05) is 30.5 Å². The quantitative estimate of drug-likeness (QED) is 0.874. The van der Waals surface area contributed by atoms with Gasteiger partial charge < -0.3 is 5.32 Å². The lowest BCUT2D eigenvalue weighted by Crippen LogP contribution is -2.15. The number of fused-ring (bicyclic) bond motifs is 1. The summed E-state index contributed by atoms with van der Waals surface area (Å²) in [7, 11) is 0. The maximum Gasteiger partial charge on any atom is 0.0894 e. The van der Waals surface area contributed by atoms with E-state index in [9.17, 15) is 0 Å². The van der Waals surface area contributed by atoms with Crippen molar-refractivity contribution >= 4 is 17.1 Å². The molecule has 0 aliphatic rings. The summed E-state index contributed by atoms with van der Waals surface area (Å²) in [6, 6.07) is 7.95. The van der Waals surface area contributed by atoms with Gasteiger partial charge in [0.05, 0.1) is 22.9 Å². The highest BCUT2D eigenvalue weighted by atomic mass is 14.8. The van der Waals surface area contributed by atoms with E-state index in [1.54, 1.807) is 0 Å². The molecule has 2 rings (SSSR count). The van der Waals surface area contributed by atoms with Crippen LogP contribution in [0.3, 0.4) is 0 Å². The highest BCUT2D eigenvalue weighted by Gasteiger charge is 1.99. The molecule has 0 aliphatic carbocycles. The van der Waals surface area contributed by atoms with Crippen molar-refractivity contribution in [2.75, 3.05) is 13.1 Å². The second-order valence-electron chi connectivity index (χ2n) is 4.22. The second-order valence-corrected chi connectivity index (χ2v) is 4.22. The Kier molecular flexibility index (Phi) is 4.42. The van der Waals surface area contributed by atoms with Gasteiger partial charge in [0.2, 0.25) is 0 Å². The SMILES string of the molecule is CCNCC(=Cc1cnc2ccccc2n1)CC. The molecule has 0 saturated carbocycles.